The van der Waals surface area contributed by atoms with Gasteiger partial charge in [0.05, 0.1) is 14.2 Å². The molecule has 0 atom stereocenters. The van der Waals surface area contributed by atoms with Crippen LogP contribution in [0.1, 0.15) is 15.9 Å². The van der Waals surface area contributed by atoms with Gasteiger partial charge in [-0.15, -0.1) is 0 Å². The molecule has 1 amide bonds. The van der Waals surface area contributed by atoms with Gasteiger partial charge < -0.3 is 20.5 Å². The van der Waals surface area contributed by atoms with Crippen LogP contribution in [0.4, 0.5) is 5.69 Å². The number of primary amides is 1. The molecule has 0 aliphatic heterocycles. The van der Waals surface area contributed by atoms with Crippen LogP contribution in [0.5, 0.6) is 11.5 Å². The second kappa shape index (κ2) is 6.65. The summed E-state index contributed by atoms with van der Waals surface area (Å²) in [5.74, 6) is 0.954. The lowest BCUT2D eigenvalue weighted by Gasteiger charge is -2.12. The average molecular weight is 286 g/mol. The Morgan fingerprint density at radius 1 is 1.10 bits per heavy atom. The van der Waals surface area contributed by atoms with Crippen LogP contribution in [-0.2, 0) is 6.54 Å². The zero-order valence-electron chi connectivity index (χ0n) is 12.1. The number of amides is 1. The topological polar surface area (TPSA) is 73.6 Å². The summed E-state index contributed by atoms with van der Waals surface area (Å²) in [7, 11) is 3.20. The van der Waals surface area contributed by atoms with E-state index in [0.29, 0.717) is 23.6 Å². The second-order valence-corrected chi connectivity index (χ2v) is 4.48. The molecule has 0 aromatic heterocycles. The fourth-order valence-corrected chi connectivity index (χ4v) is 2.02. The largest absolute Gasteiger partial charge is 0.497 e. The number of nitrogens with one attached hydrogen (secondary N) is 1. The van der Waals surface area contributed by atoms with Gasteiger partial charge in [0, 0.05) is 36.0 Å². The van der Waals surface area contributed by atoms with Crippen molar-refractivity contribution < 1.29 is 14.3 Å². The van der Waals surface area contributed by atoms with E-state index in [9.17, 15) is 4.79 Å². The van der Waals surface area contributed by atoms with Gasteiger partial charge in [0.25, 0.3) is 0 Å². The van der Waals surface area contributed by atoms with Gasteiger partial charge in [-0.25, -0.2) is 0 Å². The van der Waals surface area contributed by atoms with E-state index in [1.807, 2.05) is 24.3 Å². The highest BCUT2D eigenvalue weighted by Gasteiger charge is 2.07. The monoisotopic (exact) mass is 286 g/mol. The molecular weight excluding hydrogens is 268 g/mol. The molecule has 0 heterocycles. The Hall–Kier alpha value is -2.69. The van der Waals surface area contributed by atoms with E-state index in [0.717, 1.165) is 11.3 Å². The number of carbonyl (C=O) groups excluding carboxylic acids is 1. The highest BCUT2D eigenvalue weighted by atomic mass is 16.5. The molecule has 0 bridgehead atoms. The number of carbonyl (C=O) groups is 1. The Morgan fingerprint density at radius 2 is 1.71 bits per heavy atom. The fraction of sp³-hybridized carbons (Fsp3) is 0.188. The van der Waals surface area contributed by atoms with Crippen molar-refractivity contribution in [2.45, 2.75) is 6.54 Å². The Balaban J connectivity index is 2.18. The predicted molar refractivity (Wildman–Crippen MR) is 81.8 cm³/mol. The molecule has 0 spiro atoms. The van der Waals surface area contributed by atoms with Crippen LogP contribution in [0.15, 0.2) is 42.5 Å². The zero-order chi connectivity index (χ0) is 15.2. The molecule has 110 valence electrons. The number of benzene rings is 2. The van der Waals surface area contributed by atoms with Crippen LogP contribution in [0.25, 0.3) is 0 Å². The van der Waals surface area contributed by atoms with Crippen molar-refractivity contribution in [1.29, 1.82) is 0 Å². The summed E-state index contributed by atoms with van der Waals surface area (Å²) in [5.41, 5.74) is 7.56. The first-order valence-corrected chi connectivity index (χ1v) is 6.48. The van der Waals surface area contributed by atoms with Crippen molar-refractivity contribution in [3.63, 3.8) is 0 Å². The number of nitrogens with two attached hydrogens (primary N) is 1. The minimum atomic E-state index is -0.435. The van der Waals surface area contributed by atoms with Gasteiger partial charge in [-0.05, 0) is 11.6 Å². The lowest BCUT2D eigenvalue weighted by molar-refractivity contribution is 0.0999. The number of rotatable bonds is 6. The first-order valence-electron chi connectivity index (χ1n) is 6.48. The fourth-order valence-electron chi connectivity index (χ4n) is 2.02. The number of hydrogen-bond acceptors (Lipinski definition) is 4. The third kappa shape index (κ3) is 3.66. The molecule has 0 saturated heterocycles. The van der Waals surface area contributed by atoms with Crippen molar-refractivity contribution in [2.24, 2.45) is 5.73 Å². The SMILES string of the molecule is COc1cc(NCc2ccccc2C(N)=O)cc(OC)c1. The van der Waals surface area contributed by atoms with Gasteiger partial charge in [0.2, 0.25) is 5.91 Å². The Labute approximate surface area is 123 Å². The molecule has 0 saturated carbocycles. The molecule has 2 aromatic rings. The van der Waals surface area contributed by atoms with Crippen molar-refractivity contribution in [1.82, 2.24) is 0 Å². The van der Waals surface area contributed by atoms with E-state index < -0.39 is 5.91 Å². The first kappa shape index (κ1) is 14.7. The smallest absolute Gasteiger partial charge is 0.249 e. The highest BCUT2D eigenvalue weighted by Crippen LogP contribution is 2.26. The lowest BCUT2D eigenvalue weighted by atomic mass is 10.1. The predicted octanol–water partition coefficient (Wildman–Crippen LogP) is 2.41. The molecule has 2 aromatic carbocycles. The molecule has 5 heteroatoms. The van der Waals surface area contributed by atoms with E-state index in [4.69, 9.17) is 15.2 Å². The van der Waals surface area contributed by atoms with Gasteiger partial charge in [0.15, 0.2) is 0 Å². The molecule has 0 fully saturated rings. The molecule has 21 heavy (non-hydrogen) atoms. The third-order valence-electron chi connectivity index (χ3n) is 3.12. The van der Waals surface area contributed by atoms with Crippen LogP contribution in [0.2, 0.25) is 0 Å². The van der Waals surface area contributed by atoms with E-state index in [1.54, 1.807) is 32.4 Å². The van der Waals surface area contributed by atoms with E-state index in [1.165, 1.54) is 0 Å². The summed E-state index contributed by atoms with van der Waals surface area (Å²) in [4.78, 5) is 11.4. The Kier molecular flexibility index (Phi) is 4.66. The molecule has 0 aliphatic rings. The van der Waals surface area contributed by atoms with Crippen molar-refractivity contribution in [3.05, 3.63) is 53.6 Å². The maximum Gasteiger partial charge on any atom is 0.249 e. The quantitative estimate of drug-likeness (QED) is 0.855. The van der Waals surface area contributed by atoms with E-state index in [-0.39, 0.29) is 0 Å². The van der Waals surface area contributed by atoms with Crippen molar-refractivity contribution in [2.75, 3.05) is 19.5 Å². The minimum Gasteiger partial charge on any atom is -0.497 e. The summed E-state index contributed by atoms with van der Waals surface area (Å²) in [6.07, 6.45) is 0. The molecule has 2 rings (SSSR count). The van der Waals surface area contributed by atoms with Crippen LogP contribution < -0.4 is 20.5 Å². The van der Waals surface area contributed by atoms with E-state index in [2.05, 4.69) is 5.32 Å². The average Bonchev–Trinajstić information content (AvgIpc) is 2.52. The standard InChI is InChI=1S/C16H18N2O3/c1-20-13-7-12(8-14(9-13)21-2)18-10-11-5-3-4-6-15(11)16(17)19/h3-9,18H,10H2,1-2H3,(H2,17,19). The Bertz CT molecular complexity index is 619. The number of hydrogen-bond donors (Lipinski definition) is 2. The molecule has 3 N–H and O–H groups in total. The molecule has 0 unspecified atom stereocenters. The van der Waals surface area contributed by atoms with Gasteiger partial charge in [-0.2, -0.15) is 0 Å². The Morgan fingerprint density at radius 3 is 2.29 bits per heavy atom. The zero-order valence-corrected chi connectivity index (χ0v) is 12.1. The number of anilines is 1. The number of methoxy groups -OCH3 is 2. The molecular formula is C16H18N2O3. The van der Waals surface area contributed by atoms with Gasteiger partial charge in [-0.1, -0.05) is 18.2 Å². The summed E-state index contributed by atoms with van der Waals surface area (Å²) < 4.78 is 10.4. The summed E-state index contributed by atoms with van der Waals surface area (Å²) in [5, 5.41) is 3.24. The summed E-state index contributed by atoms with van der Waals surface area (Å²) >= 11 is 0. The van der Waals surface area contributed by atoms with Crippen LogP contribution in [-0.4, -0.2) is 20.1 Å². The van der Waals surface area contributed by atoms with Gasteiger partial charge in [0.1, 0.15) is 11.5 Å². The third-order valence-corrected chi connectivity index (χ3v) is 3.12. The van der Waals surface area contributed by atoms with Crippen LogP contribution >= 0.6 is 0 Å². The molecule has 0 radical (unpaired) electrons. The highest BCUT2D eigenvalue weighted by molar-refractivity contribution is 5.94. The first-order chi connectivity index (χ1) is 10.1. The second-order valence-electron chi connectivity index (χ2n) is 4.48. The van der Waals surface area contributed by atoms with Crippen LogP contribution in [0, 0.1) is 0 Å². The van der Waals surface area contributed by atoms with Crippen molar-refractivity contribution >= 4 is 11.6 Å². The summed E-state index contributed by atoms with van der Waals surface area (Å²) in [6, 6.07) is 12.7. The van der Waals surface area contributed by atoms with Gasteiger partial charge >= 0.3 is 0 Å². The maximum absolute atomic E-state index is 11.4. The minimum absolute atomic E-state index is 0.435. The van der Waals surface area contributed by atoms with Crippen molar-refractivity contribution in [3.8, 4) is 11.5 Å². The normalized spacial score (nSPS) is 10.0. The maximum atomic E-state index is 11.4. The molecule has 0 aliphatic carbocycles. The summed E-state index contributed by atoms with van der Waals surface area (Å²) in [6.45, 7) is 0.482. The lowest BCUT2D eigenvalue weighted by Crippen LogP contribution is -2.15. The van der Waals surface area contributed by atoms with E-state index >= 15 is 0 Å². The molecule has 5 nitrogen and oxygen atoms in total. The number of ether oxygens (including phenoxy) is 2. The van der Waals surface area contributed by atoms with Crippen LogP contribution in [0.3, 0.4) is 0 Å². The van der Waals surface area contributed by atoms with Gasteiger partial charge in [-0.3, -0.25) is 4.79 Å².